The predicted octanol–water partition coefficient (Wildman–Crippen LogP) is 1.53. The van der Waals surface area contributed by atoms with Gasteiger partial charge in [0.05, 0.1) is 0 Å². The van der Waals surface area contributed by atoms with Crippen molar-refractivity contribution in [2.24, 2.45) is 0 Å². The average molecular weight is 260 g/mol. The van der Waals surface area contributed by atoms with E-state index in [1.54, 1.807) is 0 Å². The van der Waals surface area contributed by atoms with Crippen LogP contribution in [0.2, 0.25) is 0 Å². The molecule has 0 N–H and O–H groups in total. The molecule has 1 atom stereocenters. The van der Waals surface area contributed by atoms with E-state index in [-0.39, 0.29) is 28.5 Å². The first-order valence-electron chi connectivity index (χ1n) is 0.854. The van der Waals surface area contributed by atoms with Gasteiger partial charge in [0.25, 0.3) is 0 Å². The molecule has 32 valence electrons. The van der Waals surface area contributed by atoms with Crippen LogP contribution in [0.3, 0.4) is 0 Å². The van der Waals surface area contributed by atoms with E-state index in [2.05, 4.69) is 6.66 Å². The summed E-state index contributed by atoms with van der Waals surface area (Å²) in [6.07, 6.45) is 0. The Bertz CT molecular complexity index is 6.85. The standard InChI is InChI=1S/C2H6P.CH3.W/c1-3-2;;/h3H,1H2,2H3;1H3;/q2*-1;+2. The maximum Gasteiger partial charge on any atom is 2.00 e. The summed E-state index contributed by atoms with van der Waals surface area (Å²) >= 11 is 0. The molecule has 0 bridgehead atoms. The van der Waals surface area contributed by atoms with Crippen molar-refractivity contribution in [2.45, 2.75) is 0 Å². The van der Waals surface area contributed by atoms with Gasteiger partial charge in [0.2, 0.25) is 0 Å². The third-order valence-corrected chi connectivity index (χ3v) is 0. The fraction of sp³-hybridized carbons (Fsp3) is 0.333. The van der Waals surface area contributed by atoms with Gasteiger partial charge in [-0.2, -0.15) is 0 Å². The maximum absolute atomic E-state index is 3.51. The Morgan fingerprint density at radius 2 is 1.60 bits per heavy atom. The second kappa shape index (κ2) is 19.3. The summed E-state index contributed by atoms with van der Waals surface area (Å²) in [6.45, 7) is 5.56. The van der Waals surface area contributed by atoms with Gasteiger partial charge in [-0.15, -0.1) is 0 Å². The van der Waals surface area contributed by atoms with E-state index in [0.29, 0.717) is 0 Å². The Labute approximate surface area is 50.8 Å². The minimum absolute atomic E-state index is 0. The molecule has 0 aromatic rings. The Hall–Kier alpha value is 1.12. The zero-order valence-corrected chi connectivity index (χ0v) is 7.55. The summed E-state index contributed by atoms with van der Waals surface area (Å²) in [6, 6.07) is 0. The first-order chi connectivity index (χ1) is 1.41. The van der Waals surface area contributed by atoms with Crippen LogP contribution in [0.1, 0.15) is 0 Å². The van der Waals surface area contributed by atoms with Gasteiger partial charge >= 0.3 is 21.1 Å². The first kappa shape index (κ1) is 16.5. The van der Waals surface area contributed by atoms with Crippen LogP contribution < -0.4 is 0 Å². The normalized spacial score (nSPS) is 6.00. The molecule has 0 spiro atoms. The molecule has 0 radical (unpaired) electrons. The molecule has 0 amide bonds. The average Bonchev–Trinajstić information content (AvgIpc) is 0.918. The van der Waals surface area contributed by atoms with Crippen molar-refractivity contribution < 1.29 is 21.1 Å². The van der Waals surface area contributed by atoms with Gasteiger partial charge in [0, 0.05) is 0 Å². The van der Waals surface area contributed by atoms with Crippen LogP contribution in [0.15, 0.2) is 0 Å². The molecule has 1 unspecified atom stereocenters. The van der Waals surface area contributed by atoms with Gasteiger partial charge in [0.1, 0.15) is 0 Å². The molecule has 0 aromatic heterocycles. The van der Waals surface area contributed by atoms with Gasteiger partial charge in [-0.3, -0.25) is 8.58 Å². The van der Waals surface area contributed by atoms with Gasteiger partial charge < -0.3 is 14.1 Å². The van der Waals surface area contributed by atoms with E-state index in [9.17, 15) is 0 Å². The van der Waals surface area contributed by atoms with Crippen LogP contribution in [0.5, 0.6) is 0 Å². The third kappa shape index (κ3) is 39.8. The number of hydrogen-bond acceptors (Lipinski definition) is 0. The predicted molar refractivity (Wildman–Crippen MR) is 26.0 cm³/mol. The molecule has 0 aromatic carbocycles. The Balaban J connectivity index is -0.0000000200. The van der Waals surface area contributed by atoms with Crippen LogP contribution in [0, 0.1) is 14.1 Å². The van der Waals surface area contributed by atoms with Crippen LogP contribution in [-0.2, 0) is 21.1 Å². The molecule has 0 aliphatic carbocycles. The SMILES string of the molecule is [CH2-]PC.[CH3-].[W+2]. The molecule has 0 heterocycles. The maximum atomic E-state index is 3.51. The monoisotopic (exact) mass is 260 g/mol. The molecule has 0 fully saturated rings. The second-order valence-electron chi connectivity index (χ2n) is 0.354. The molecule has 0 aliphatic rings. The number of rotatable bonds is 0. The van der Waals surface area contributed by atoms with Crippen molar-refractivity contribution in [1.82, 2.24) is 0 Å². The fourth-order valence-corrected chi connectivity index (χ4v) is 0. The summed E-state index contributed by atoms with van der Waals surface area (Å²) in [4.78, 5) is 0. The summed E-state index contributed by atoms with van der Waals surface area (Å²) in [5.74, 6) is 0. The molecular weight excluding hydrogens is 251 g/mol. The molecule has 0 nitrogen and oxygen atoms in total. The zero-order valence-electron chi connectivity index (χ0n) is 3.62. The minimum atomic E-state index is 0. The molecule has 0 aliphatic heterocycles. The molecule has 2 heteroatoms. The fourth-order valence-electron chi connectivity index (χ4n) is 0. The van der Waals surface area contributed by atoms with Gasteiger partial charge in [-0.25, -0.2) is 0 Å². The van der Waals surface area contributed by atoms with Crippen molar-refractivity contribution in [3.05, 3.63) is 14.1 Å². The Morgan fingerprint density at radius 3 is 1.60 bits per heavy atom. The van der Waals surface area contributed by atoms with E-state index in [1.807, 2.05) is 6.66 Å². The van der Waals surface area contributed by atoms with Crippen molar-refractivity contribution in [3.63, 3.8) is 0 Å². The van der Waals surface area contributed by atoms with Gasteiger partial charge in [0.15, 0.2) is 0 Å². The van der Waals surface area contributed by atoms with Crippen LogP contribution in [0.25, 0.3) is 0 Å². The summed E-state index contributed by atoms with van der Waals surface area (Å²) < 4.78 is 0. The molecule has 0 saturated heterocycles. The summed E-state index contributed by atoms with van der Waals surface area (Å²) in [5, 5.41) is 0. The van der Waals surface area contributed by atoms with Gasteiger partial charge in [-0.05, 0) is 0 Å². The minimum Gasteiger partial charge on any atom is -0.358 e. The van der Waals surface area contributed by atoms with Crippen LogP contribution in [0.4, 0.5) is 0 Å². The van der Waals surface area contributed by atoms with Crippen LogP contribution in [-0.4, -0.2) is 6.66 Å². The smallest absolute Gasteiger partial charge is 0.358 e. The Morgan fingerprint density at radius 1 is 1.60 bits per heavy atom. The molecule has 0 saturated carbocycles. The van der Waals surface area contributed by atoms with E-state index in [0.717, 1.165) is 8.58 Å². The number of hydrogen-bond donors (Lipinski definition) is 0. The molecular formula is C3H9PW. The largest absolute Gasteiger partial charge is 2.00 e. The Kier molecular flexibility index (Phi) is 63.8. The quantitative estimate of drug-likeness (QED) is 0.457. The zero-order chi connectivity index (χ0) is 2.71. The van der Waals surface area contributed by atoms with Crippen LogP contribution >= 0.6 is 8.58 Å². The summed E-state index contributed by atoms with van der Waals surface area (Å²) in [7, 11) is 0.833. The third-order valence-electron chi connectivity index (χ3n) is 0. The van der Waals surface area contributed by atoms with Crippen molar-refractivity contribution in [3.8, 4) is 0 Å². The van der Waals surface area contributed by atoms with E-state index < -0.39 is 0 Å². The molecule has 5 heavy (non-hydrogen) atoms. The van der Waals surface area contributed by atoms with E-state index in [4.69, 9.17) is 0 Å². The molecule has 0 rings (SSSR count). The first-order valence-corrected chi connectivity index (χ1v) is 2.56. The second-order valence-corrected chi connectivity index (χ2v) is 1.06. The van der Waals surface area contributed by atoms with E-state index in [1.165, 1.54) is 0 Å². The topological polar surface area (TPSA) is 0 Å². The summed E-state index contributed by atoms with van der Waals surface area (Å²) in [5.41, 5.74) is 0. The van der Waals surface area contributed by atoms with E-state index >= 15 is 0 Å². The van der Waals surface area contributed by atoms with Gasteiger partial charge in [-0.1, -0.05) is 6.66 Å². The van der Waals surface area contributed by atoms with Crippen molar-refractivity contribution >= 4 is 8.58 Å². The van der Waals surface area contributed by atoms with Crippen molar-refractivity contribution in [1.29, 1.82) is 0 Å². The van der Waals surface area contributed by atoms with Crippen molar-refractivity contribution in [2.75, 3.05) is 6.66 Å².